The lowest BCUT2D eigenvalue weighted by Gasteiger charge is -2.33. The van der Waals surface area contributed by atoms with Gasteiger partial charge in [-0.3, -0.25) is 4.79 Å². The minimum atomic E-state index is -0.818. The van der Waals surface area contributed by atoms with Crippen LogP contribution in [0, 0.1) is 12.5 Å². The average molecular weight is 469 g/mol. The topological polar surface area (TPSA) is 124 Å². The molecule has 2 atom stereocenters. The Morgan fingerprint density at radius 1 is 1.26 bits per heavy atom. The molecule has 2 fully saturated rings. The number of carboxylic acid groups (broad SMARTS) is 1. The third kappa shape index (κ3) is 4.95. The minimum absolute atomic E-state index is 0.0271. The van der Waals surface area contributed by atoms with Gasteiger partial charge >= 0.3 is 17.9 Å². The molecule has 4 rings (SSSR count). The number of carbonyl (C=O) groups is 2. The number of aryl methyl sites for hydroxylation is 1. The van der Waals surface area contributed by atoms with E-state index in [0.717, 1.165) is 32.1 Å². The van der Waals surface area contributed by atoms with Gasteiger partial charge in [-0.1, -0.05) is 11.8 Å². The fraction of sp³-hybridized carbons (Fsp3) is 0.565. The molecule has 1 N–H and O–H groups in total. The van der Waals surface area contributed by atoms with Crippen LogP contribution in [0.1, 0.15) is 50.6 Å². The van der Waals surface area contributed by atoms with Gasteiger partial charge in [0.05, 0.1) is 12.0 Å². The van der Waals surface area contributed by atoms with Crippen LogP contribution in [0.3, 0.4) is 0 Å². The molecule has 0 spiro atoms. The molecular weight excluding hydrogens is 440 g/mol. The van der Waals surface area contributed by atoms with E-state index in [0.29, 0.717) is 35.7 Å². The number of carboxylic acids is 1. The summed E-state index contributed by atoms with van der Waals surface area (Å²) in [4.78, 5) is 33.2. The number of amides is 1. The van der Waals surface area contributed by atoms with Crippen molar-refractivity contribution in [3.63, 3.8) is 0 Å². The normalized spacial score (nSPS) is 20.1. The van der Waals surface area contributed by atoms with Crippen LogP contribution in [-0.4, -0.2) is 61.2 Å². The van der Waals surface area contributed by atoms with E-state index in [2.05, 4.69) is 20.1 Å². The Hall–Kier alpha value is -3.68. The summed E-state index contributed by atoms with van der Waals surface area (Å²) in [5.41, 5.74) is 1.39. The number of aliphatic carboxylic acids is 1. The first kappa shape index (κ1) is 23.5. The lowest BCUT2D eigenvalue weighted by atomic mass is 9.87. The highest BCUT2D eigenvalue weighted by Crippen LogP contribution is 2.34. The van der Waals surface area contributed by atoms with Crippen LogP contribution in [0.2, 0.25) is 0 Å². The van der Waals surface area contributed by atoms with Crippen molar-refractivity contribution >= 4 is 17.9 Å². The van der Waals surface area contributed by atoms with Gasteiger partial charge in [-0.2, -0.15) is 0 Å². The van der Waals surface area contributed by atoms with Gasteiger partial charge in [0.15, 0.2) is 11.4 Å². The SMILES string of the molecule is [C-]#[N+]c1nc(-c2nnn(C)c2COC(=O)N(C)C2CCC2)ccc1O[C@H]1CCC[C@H](C(=O)O)C1. The molecule has 34 heavy (non-hydrogen) atoms. The molecular formula is C23H28N6O5. The highest BCUT2D eigenvalue weighted by atomic mass is 16.6. The molecule has 2 aromatic heterocycles. The maximum atomic E-state index is 12.4. The van der Waals surface area contributed by atoms with E-state index in [1.165, 1.54) is 4.68 Å². The number of hydrogen-bond donors (Lipinski definition) is 1. The Morgan fingerprint density at radius 3 is 2.71 bits per heavy atom. The van der Waals surface area contributed by atoms with Crippen LogP contribution in [0.4, 0.5) is 10.6 Å². The molecule has 0 aromatic carbocycles. The summed E-state index contributed by atoms with van der Waals surface area (Å²) in [6.45, 7) is 7.52. The van der Waals surface area contributed by atoms with E-state index in [-0.39, 0.29) is 24.6 Å². The summed E-state index contributed by atoms with van der Waals surface area (Å²) >= 11 is 0. The summed E-state index contributed by atoms with van der Waals surface area (Å²) in [6.07, 6.45) is 4.95. The monoisotopic (exact) mass is 468 g/mol. The molecule has 11 nitrogen and oxygen atoms in total. The van der Waals surface area contributed by atoms with Crippen molar-refractivity contribution in [2.45, 2.75) is 63.7 Å². The lowest BCUT2D eigenvalue weighted by molar-refractivity contribution is -0.143. The predicted molar refractivity (Wildman–Crippen MR) is 120 cm³/mol. The molecule has 2 saturated carbocycles. The van der Waals surface area contributed by atoms with Gasteiger partial charge < -0.3 is 24.3 Å². The average Bonchev–Trinajstić information content (AvgIpc) is 3.16. The van der Waals surface area contributed by atoms with Gasteiger partial charge in [0.25, 0.3) is 0 Å². The predicted octanol–water partition coefficient (Wildman–Crippen LogP) is 3.57. The second kappa shape index (κ2) is 10.1. The lowest BCUT2D eigenvalue weighted by Crippen LogP contribution is -2.41. The van der Waals surface area contributed by atoms with Crippen LogP contribution in [0.25, 0.3) is 16.2 Å². The first-order valence-corrected chi connectivity index (χ1v) is 11.4. The van der Waals surface area contributed by atoms with E-state index < -0.39 is 18.0 Å². The molecule has 0 aliphatic heterocycles. The first-order valence-electron chi connectivity index (χ1n) is 11.4. The molecule has 2 aliphatic carbocycles. The fourth-order valence-electron chi connectivity index (χ4n) is 4.29. The number of ether oxygens (including phenoxy) is 2. The Kier molecular flexibility index (Phi) is 6.95. The van der Waals surface area contributed by atoms with Crippen molar-refractivity contribution < 1.29 is 24.2 Å². The molecule has 1 amide bonds. The van der Waals surface area contributed by atoms with Crippen molar-refractivity contribution in [3.05, 3.63) is 29.2 Å². The number of rotatable bonds is 7. The third-order valence-corrected chi connectivity index (χ3v) is 6.64. The van der Waals surface area contributed by atoms with Crippen LogP contribution in [0.15, 0.2) is 12.1 Å². The molecule has 0 radical (unpaired) electrons. The number of carbonyl (C=O) groups excluding carboxylic acids is 1. The quantitative estimate of drug-likeness (QED) is 0.612. The summed E-state index contributed by atoms with van der Waals surface area (Å²) in [6, 6.07) is 3.55. The maximum absolute atomic E-state index is 12.4. The molecule has 180 valence electrons. The van der Waals surface area contributed by atoms with Gasteiger partial charge in [0, 0.05) is 20.1 Å². The van der Waals surface area contributed by atoms with E-state index in [1.54, 1.807) is 31.1 Å². The third-order valence-electron chi connectivity index (χ3n) is 6.64. The molecule has 0 bridgehead atoms. The van der Waals surface area contributed by atoms with Gasteiger partial charge in [0.2, 0.25) is 0 Å². The van der Waals surface area contributed by atoms with Crippen molar-refractivity contribution in [2.75, 3.05) is 7.05 Å². The molecule has 0 saturated heterocycles. The van der Waals surface area contributed by atoms with Crippen LogP contribution < -0.4 is 4.74 Å². The van der Waals surface area contributed by atoms with E-state index in [9.17, 15) is 14.7 Å². The smallest absolute Gasteiger partial charge is 0.410 e. The fourth-order valence-corrected chi connectivity index (χ4v) is 4.29. The number of nitrogens with zero attached hydrogens (tertiary/aromatic N) is 6. The minimum Gasteiger partial charge on any atom is -0.500 e. The summed E-state index contributed by atoms with van der Waals surface area (Å²) in [7, 11) is 3.44. The van der Waals surface area contributed by atoms with E-state index in [1.807, 2.05) is 0 Å². The van der Waals surface area contributed by atoms with Crippen LogP contribution in [0.5, 0.6) is 5.75 Å². The standard InChI is InChI=1S/C23H28N6O5/c1-24-21-19(34-16-9-4-6-14(12-16)22(30)31)11-10-17(25-21)20-18(29(3)27-26-20)13-33-23(32)28(2)15-7-5-8-15/h10-11,14-16H,4-9,12-13H2,2-3H3,(H,30,31)/t14-,16-/m0/s1. The van der Waals surface area contributed by atoms with E-state index in [4.69, 9.17) is 16.0 Å². The number of hydrogen-bond acceptors (Lipinski definition) is 7. The van der Waals surface area contributed by atoms with Crippen LogP contribution in [-0.2, 0) is 23.2 Å². The second-order valence-corrected chi connectivity index (χ2v) is 8.83. The largest absolute Gasteiger partial charge is 0.500 e. The Balaban J connectivity index is 1.48. The van der Waals surface area contributed by atoms with Gasteiger partial charge in [-0.05, 0) is 57.1 Å². The Labute approximate surface area is 197 Å². The van der Waals surface area contributed by atoms with Crippen molar-refractivity contribution in [2.24, 2.45) is 13.0 Å². The molecule has 2 aromatic rings. The van der Waals surface area contributed by atoms with Gasteiger partial charge in [-0.25, -0.2) is 9.48 Å². The van der Waals surface area contributed by atoms with Crippen molar-refractivity contribution in [1.29, 1.82) is 0 Å². The maximum Gasteiger partial charge on any atom is 0.410 e. The van der Waals surface area contributed by atoms with E-state index >= 15 is 0 Å². The summed E-state index contributed by atoms with van der Waals surface area (Å²) in [5, 5.41) is 17.5. The highest BCUT2D eigenvalue weighted by molar-refractivity contribution is 5.70. The number of pyridine rings is 1. The second-order valence-electron chi connectivity index (χ2n) is 8.83. The molecule has 2 aliphatic rings. The number of aromatic nitrogens is 4. The van der Waals surface area contributed by atoms with Crippen molar-refractivity contribution in [1.82, 2.24) is 24.9 Å². The summed E-state index contributed by atoms with van der Waals surface area (Å²) in [5.74, 6) is -0.875. The van der Waals surface area contributed by atoms with Gasteiger partial charge in [0.1, 0.15) is 18.1 Å². The Bertz CT molecular complexity index is 1110. The molecule has 11 heteroatoms. The Morgan fingerprint density at radius 2 is 2.03 bits per heavy atom. The molecule has 0 unspecified atom stereocenters. The van der Waals surface area contributed by atoms with Crippen molar-refractivity contribution in [3.8, 4) is 17.1 Å². The zero-order valence-electron chi connectivity index (χ0n) is 19.3. The van der Waals surface area contributed by atoms with Crippen LogP contribution >= 0.6 is 0 Å². The molecule has 2 heterocycles. The first-order chi connectivity index (χ1) is 16.4. The summed E-state index contributed by atoms with van der Waals surface area (Å²) < 4.78 is 13.0. The zero-order valence-corrected chi connectivity index (χ0v) is 19.3. The highest BCUT2D eigenvalue weighted by Gasteiger charge is 2.30. The van der Waals surface area contributed by atoms with Gasteiger partial charge in [-0.15, -0.1) is 10.1 Å². The zero-order chi connectivity index (χ0) is 24.2.